The number of nitrogens with zero attached hydrogens (tertiary/aromatic N) is 3. The van der Waals surface area contributed by atoms with Crippen LogP contribution in [-0.4, -0.2) is 32.3 Å². The zero-order chi connectivity index (χ0) is 18.8. The number of hydrogen-bond acceptors (Lipinski definition) is 5. The van der Waals surface area contributed by atoms with Gasteiger partial charge in [0, 0.05) is 5.92 Å². The monoisotopic (exact) mass is 385 g/mol. The van der Waals surface area contributed by atoms with Gasteiger partial charge in [-0.3, -0.25) is 14.2 Å². The van der Waals surface area contributed by atoms with E-state index in [4.69, 9.17) is 5.73 Å². The molecule has 1 aromatic carbocycles. The Labute approximate surface area is 150 Å². The number of nitrogens with one attached hydrogen (secondary N) is 1. The van der Waals surface area contributed by atoms with E-state index in [-0.39, 0.29) is 18.2 Å². The third kappa shape index (κ3) is 3.98. The number of aromatic nitrogens is 3. The number of anilines is 1. The van der Waals surface area contributed by atoms with Crippen LogP contribution in [0.5, 0.6) is 0 Å². The lowest BCUT2D eigenvalue weighted by molar-refractivity contribution is -0.118. The Kier molecular flexibility index (Phi) is 5.16. The largest absolute Gasteiger partial charge is 0.368 e. The summed E-state index contributed by atoms with van der Waals surface area (Å²) in [4.78, 5) is 23.2. The molecule has 1 fully saturated rings. The van der Waals surface area contributed by atoms with E-state index in [0.29, 0.717) is 17.0 Å². The molecule has 1 heterocycles. The van der Waals surface area contributed by atoms with E-state index in [2.05, 4.69) is 15.5 Å². The van der Waals surface area contributed by atoms with Crippen molar-refractivity contribution >= 4 is 29.3 Å². The molecule has 0 atom stereocenters. The molecule has 2 amide bonds. The Morgan fingerprint density at radius 1 is 1.23 bits per heavy atom. The van der Waals surface area contributed by atoms with Crippen LogP contribution in [0, 0.1) is 17.5 Å². The summed E-state index contributed by atoms with van der Waals surface area (Å²) in [7, 11) is 0. The molecule has 138 valence electrons. The fraction of sp³-hybridized carbons (Fsp3) is 0.333. The van der Waals surface area contributed by atoms with E-state index in [9.17, 15) is 22.8 Å². The van der Waals surface area contributed by atoms with Gasteiger partial charge in [0.1, 0.15) is 12.4 Å². The van der Waals surface area contributed by atoms with Crippen LogP contribution in [0.25, 0.3) is 0 Å². The summed E-state index contributed by atoms with van der Waals surface area (Å²) < 4.78 is 41.2. The SMILES string of the molecule is NC(=O)Cn1c(SCC(=O)Nc2ccc(F)c(F)c2F)nnc1C1CC1. The van der Waals surface area contributed by atoms with Crippen molar-refractivity contribution in [1.82, 2.24) is 14.8 Å². The van der Waals surface area contributed by atoms with Gasteiger partial charge in [0.25, 0.3) is 0 Å². The van der Waals surface area contributed by atoms with Gasteiger partial charge >= 0.3 is 0 Å². The second kappa shape index (κ2) is 7.36. The Morgan fingerprint density at radius 2 is 1.96 bits per heavy atom. The topological polar surface area (TPSA) is 103 Å². The van der Waals surface area contributed by atoms with Crippen molar-refractivity contribution in [3.63, 3.8) is 0 Å². The molecule has 0 aliphatic heterocycles. The normalized spacial score (nSPS) is 13.7. The van der Waals surface area contributed by atoms with Crippen molar-refractivity contribution < 1.29 is 22.8 Å². The minimum absolute atomic E-state index is 0.111. The van der Waals surface area contributed by atoms with Gasteiger partial charge in [-0.05, 0) is 25.0 Å². The highest BCUT2D eigenvalue weighted by Gasteiger charge is 2.31. The molecule has 1 saturated carbocycles. The van der Waals surface area contributed by atoms with E-state index in [0.717, 1.165) is 30.7 Å². The van der Waals surface area contributed by atoms with Crippen LogP contribution in [0.4, 0.5) is 18.9 Å². The summed E-state index contributed by atoms with van der Waals surface area (Å²) >= 11 is 0.975. The number of amides is 2. The smallest absolute Gasteiger partial charge is 0.237 e. The van der Waals surface area contributed by atoms with Gasteiger partial charge in [0.2, 0.25) is 11.8 Å². The predicted octanol–water partition coefficient (Wildman–Crippen LogP) is 1.79. The van der Waals surface area contributed by atoms with Crippen LogP contribution in [-0.2, 0) is 16.1 Å². The quantitative estimate of drug-likeness (QED) is 0.559. The van der Waals surface area contributed by atoms with Crippen LogP contribution in [0.1, 0.15) is 24.6 Å². The zero-order valence-electron chi connectivity index (χ0n) is 13.3. The van der Waals surface area contributed by atoms with E-state index >= 15 is 0 Å². The average Bonchev–Trinajstić information content (AvgIpc) is 3.36. The maximum absolute atomic E-state index is 13.6. The average molecular weight is 385 g/mol. The molecule has 0 bridgehead atoms. The van der Waals surface area contributed by atoms with Gasteiger partial charge in [-0.25, -0.2) is 13.2 Å². The Hall–Kier alpha value is -2.56. The first kappa shape index (κ1) is 18.2. The number of primary amides is 1. The number of nitrogens with two attached hydrogens (primary N) is 1. The first-order valence-electron chi connectivity index (χ1n) is 7.64. The Balaban J connectivity index is 1.66. The van der Waals surface area contributed by atoms with Gasteiger partial charge in [0.05, 0.1) is 11.4 Å². The van der Waals surface area contributed by atoms with Crippen LogP contribution < -0.4 is 11.1 Å². The number of halogens is 3. The second-order valence-electron chi connectivity index (χ2n) is 5.73. The minimum atomic E-state index is -1.66. The lowest BCUT2D eigenvalue weighted by Gasteiger charge is -2.09. The molecule has 1 aromatic heterocycles. The summed E-state index contributed by atoms with van der Waals surface area (Å²) in [6.07, 6.45) is 1.88. The van der Waals surface area contributed by atoms with E-state index in [1.54, 1.807) is 4.57 Å². The Bertz CT molecular complexity index is 869. The number of hydrogen-bond donors (Lipinski definition) is 2. The minimum Gasteiger partial charge on any atom is -0.368 e. The lowest BCUT2D eigenvalue weighted by atomic mass is 10.3. The molecule has 0 saturated heterocycles. The number of benzene rings is 1. The van der Waals surface area contributed by atoms with Crippen molar-refractivity contribution in [2.24, 2.45) is 5.73 Å². The standard InChI is InChI=1S/C15H14F3N5O2S/c16-8-3-4-9(13(18)12(8)17)20-11(25)6-26-15-22-21-14(7-1-2-7)23(15)5-10(19)24/h3-4,7H,1-2,5-6H2,(H2,19,24)(H,20,25). The molecular formula is C15H14F3N5O2S. The van der Waals surface area contributed by atoms with E-state index in [1.165, 1.54) is 0 Å². The lowest BCUT2D eigenvalue weighted by Crippen LogP contribution is -2.21. The molecule has 0 radical (unpaired) electrons. The Morgan fingerprint density at radius 3 is 2.62 bits per heavy atom. The summed E-state index contributed by atoms with van der Waals surface area (Å²) in [5.74, 6) is -5.04. The van der Waals surface area contributed by atoms with Crippen molar-refractivity contribution in [3.05, 3.63) is 35.4 Å². The first-order chi connectivity index (χ1) is 12.4. The molecule has 3 N–H and O–H groups in total. The van der Waals surface area contributed by atoms with Crippen LogP contribution >= 0.6 is 11.8 Å². The van der Waals surface area contributed by atoms with Gasteiger partial charge in [-0.1, -0.05) is 11.8 Å². The molecule has 0 spiro atoms. The predicted molar refractivity (Wildman–Crippen MR) is 86.9 cm³/mol. The van der Waals surface area contributed by atoms with Gasteiger partial charge in [0.15, 0.2) is 22.6 Å². The third-order valence-electron chi connectivity index (χ3n) is 3.64. The molecule has 3 rings (SSSR count). The number of thioether (sulfide) groups is 1. The van der Waals surface area contributed by atoms with Gasteiger partial charge in [-0.15, -0.1) is 10.2 Å². The number of rotatable bonds is 7. The molecule has 26 heavy (non-hydrogen) atoms. The van der Waals surface area contributed by atoms with Crippen molar-refractivity contribution in [2.45, 2.75) is 30.5 Å². The van der Waals surface area contributed by atoms with Gasteiger partial charge < -0.3 is 11.1 Å². The highest BCUT2D eigenvalue weighted by atomic mass is 32.2. The molecule has 2 aromatic rings. The fourth-order valence-corrected chi connectivity index (χ4v) is 3.04. The van der Waals surface area contributed by atoms with E-state index in [1.807, 2.05) is 0 Å². The molecular weight excluding hydrogens is 371 g/mol. The second-order valence-corrected chi connectivity index (χ2v) is 6.67. The van der Waals surface area contributed by atoms with Crippen LogP contribution in [0.2, 0.25) is 0 Å². The maximum atomic E-state index is 13.6. The van der Waals surface area contributed by atoms with Crippen molar-refractivity contribution in [2.75, 3.05) is 11.1 Å². The summed E-state index contributed by atoms with van der Waals surface area (Å²) in [5.41, 5.74) is 4.77. The summed E-state index contributed by atoms with van der Waals surface area (Å²) in [5, 5.41) is 10.5. The molecule has 1 aliphatic rings. The molecule has 0 unspecified atom stereocenters. The molecule has 1 aliphatic carbocycles. The zero-order valence-corrected chi connectivity index (χ0v) is 14.2. The van der Waals surface area contributed by atoms with Crippen LogP contribution in [0.3, 0.4) is 0 Å². The highest BCUT2D eigenvalue weighted by Crippen LogP contribution is 2.40. The fourth-order valence-electron chi connectivity index (χ4n) is 2.29. The van der Waals surface area contributed by atoms with E-state index < -0.39 is 35.0 Å². The third-order valence-corrected chi connectivity index (χ3v) is 4.61. The highest BCUT2D eigenvalue weighted by molar-refractivity contribution is 7.99. The molecule has 7 nitrogen and oxygen atoms in total. The van der Waals surface area contributed by atoms with Crippen LogP contribution in [0.15, 0.2) is 17.3 Å². The maximum Gasteiger partial charge on any atom is 0.237 e. The summed E-state index contributed by atoms with van der Waals surface area (Å²) in [6, 6.07) is 1.64. The van der Waals surface area contributed by atoms with Crippen molar-refractivity contribution in [3.8, 4) is 0 Å². The first-order valence-corrected chi connectivity index (χ1v) is 8.63. The number of carbonyl (C=O) groups excluding carboxylic acids is 2. The number of carbonyl (C=O) groups is 2. The van der Waals surface area contributed by atoms with Crippen molar-refractivity contribution in [1.29, 1.82) is 0 Å². The molecule has 11 heteroatoms. The van der Waals surface area contributed by atoms with Gasteiger partial charge in [-0.2, -0.15) is 0 Å². The summed E-state index contributed by atoms with van der Waals surface area (Å²) in [6.45, 7) is -0.111.